The van der Waals surface area contributed by atoms with Gasteiger partial charge in [0.2, 0.25) is 0 Å². The molecule has 7 heavy (non-hydrogen) atoms. The molecule has 4 nitrogen and oxygen atoms in total. The summed E-state index contributed by atoms with van der Waals surface area (Å²) in [6, 6.07) is 0. The Morgan fingerprint density at radius 3 is 1.14 bits per heavy atom. The SMILES string of the molecule is O=S(=O)(O)O.[InH3].[Zn]. The molecule has 0 rings (SSSR count). The van der Waals surface area contributed by atoms with Gasteiger partial charge < -0.3 is 0 Å². The molecule has 0 aliphatic carbocycles. The van der Waals surface area contributed by atoms with Crippen LogP contribution in [-0.2, 0) is 29.9 Å². The van der Waals surface area contributed by atoms with Crippen LogP contribution in [0.25, 0.3) is 0 Å². The Bertz CT molecular complexity index is 94.9. The fourth-order valence-electron chi connectivity index (χ4n) is 0. The zero-order chi connectivity index (χ0) is 4.50. The molecule has 0 aromatic rings. The van der Waals surface area contributed by atoms with Crippen molar-refractivity contribution in [3.05, 3.63) is 0 Å². The molecule has 40 valence electrons. The van der Waals surface area contributed by atoms with Gasteiger partial charge in [-0.3, -0.25) is 9.11 Å². The maximum Gasteiger partial charge on any atom is 0 e. The minimum atomic E-state index is -4.67. The van der Waals surface area contributed by atoms with Crippen molar-refractivity contribution in [3.63, 3.8) is 0 Å². The van der Waals surface area contributed by atoms with Crippen molar-refractivity contribution in [1.82, 2.24) is 0 Å². The zero-order valence-electron chi connectivity index (χ0n) is 2.83. The van der Waals surface area contributed by atoms with Crippen molar-refractivity contribution < 1.29 is 37.0 Å². The van der Waals surface area contributed by atoms with Gasteiger partial charge in [0.25, 0.3) is 0 Å². The standard InChI is InChI=1S/In.H2O4S.Zn.3H/c;1-5(2,3)4;;;;/h;(H2,1,2,3,4);;;;. The van der Waals surface area contributed by atoms with Gasteiger partial charge in [0.1, 0.15) is 0 Å². The minimum Gasteiger partial charge on any atom is 0 e. The van der Waals surface area contributed by atoms with E-state index in [9.17, 15) is 0 Å². The van der Waals surface area contributed by atoms with Gasteiger partial charge in [-0.1, -0.05) is 0 Å². The van der Waals surface area contributed by atoms with Crippen LogP contribution in [0.2, 0.25) is 0 Å². The van der Waals surface area contributed by atoms with Crippen LogP contribution in [0.3, 0.4) is 0 Å². The molecule has 0 saturated carbocycles. The first-order chi connectivity index (χ1) is 2.00. The molecule has 0 spiro atoms. The van der Waals surface area contributed by atoms with Gasteiger partial charge in [-0.15, -0.1) is 0 Å². The summed E-state index contributed by atoms with van der Waals surface area (Å²) in [6.07, 6.45) is 0. The van der Waals surface area contributed by atoms with E-state index in [0.29, 0.717) is 0 Å². The van der Waals surface area contributed by atoms with Crippen molar-refractivity contribution in [2.24, 2.45) is 0 Å². The van der Waals surface area contributed by atoms with Crippen molar-refractivity contribution in [2.75, 3.05) is 0 Å². The van der Waals surface area contributed by atoms with Crippen LogP contribution in [0.5, 0.6) is 0 Å². The van der Waals surface area contributed by atoms with Crippen molar-refractivity contribution >= 4 is 36.2 Å². The molecule has 2 N–H and O–H groups in total. The fourth-order valence-corrected chi connectivity index (χ4v) is 0. The van der Waals surface area contributed by atoms with Crippen LogP contribution in [-0.4, -0.2) is 43.4 Å². The Labute approximate surface area is 72.8 Å². The maximum absolute atomic E-state index is 8.74. The number of hydrogen-bond acceptors (Lipinski definition) is 2. The van der Waals surface area contributed by atoms with Gasteiger partial charge in [0.15, 0.2) is 0 Å². The predicted molar refractivity (Wildman–Crippen MR) is 24.1 cm³/mol. The van der Waals surface area contributed by atoms with Crippen LogP contribution in [0, 0.1) is 0 Å². The first-order valence-corrected chi connectivity index (χ1v) is 2.10. The van der Waals surface area contributed by atoms with Gasteiger partial charge in [-0.05, 0) is 0 Å². The molecular weight excluding hydrogens is 276 g/mol. The van der Waals surface area contributed by atoms with E-state index in [4.69, 9.17) is 17.5 Å². The van der Waals surface area contributed by atoms with E-state index in [2.05, 4.69) is 0 Å². The summed E-state index contributed by atoms with van der Waals surface area (Å²) in [5.74, 6) is 0. The Kier molecular flexibility index (Phi) is 12.4. The molecule has 0 heterocycles. The summed E-state index contributed by atoms with van der Waals surface area (Å²) in [4.78, 5) is 0. The molecule has 0 bridgehead atoms. The first-order valence-electron chi connectivity index (χ1n) is 0.698. The topological polar surface area (TPSA) is 74.6 Å². The molecule has 0 unspecified atom stereocenters. The number of hydrogen-bond donors (Lipinski definition) is 2. The minimum absolute atomic E-state index is 0. The summed E-state index contributed by atoms with van der Waals surface area (Å²) < 4.78 is 31.6. The van der Waals surface area contributed by atoms with Crippen LogP contribution >= 0.6 is 0 Å². The second-order valence-corrected chi connectivity index (χ2v) is 1.34. The first kappa shape index (κ1) is 15.8. The van der Waals surface area contributed by atoms with E-state index < -0.39 is 10.4 Å². The van der Waals surface area contributed by atoms with Crippen LogP contribution in [0.4, 0.5) is 0 Å². The normalized spacial score (nSPS) is 8.29. The smallest absolute Gasteiger partial charge is 0 e. The van der Waals surface area contributed by atoms with Gasteiger partial charge in [-0.25, -0.2) is 0 Å². The molecule has 0 fully saturated rings. The van der Waals surface area contributed by atoms with E-state index >= 15 is 0 Å². The van der Waals surface area contributed by atoms with Crippen LogP contribution in [0.1, 0.15) is 0 Å². The van der Waals surface area contributed by atoms with Crippen LogP contribution in [0.15, 0.2) is 0 Å². The van der Waals surface area contributed by atoms with Crippen molar-refractivity contribution in [1.29, 1.82) is 0 Å². The second kappa shape index (κ2) is 5.50. The van der Waals surface area contributed by atoms with E-state index in [1.807, 2.05) is 0 Å². The fraction of sp³-hybridized carbons (Fsp3) is 0. The molecule has 0 radical (unpaired) electrons. The average molecular weight is 281 g/mol. The summed E-state index contributed by atoms with van der Waals surface area (Å²) >= 11 is 0. The van der Waals surface area contributed by atoms with E-state index in [-0.39, 0.29) is 45.3 Å². The molecule has 0 atom stereocenters. The summed E-state index contributed by atoms with van der Waals surface area (Å²) in [6.45, 7) is 0. The molecule has 0 aliphatic rings. The third-order valence-corrected chi connectivity index (χ3v) is 0. The van der Waals surface area contributed by atoms with Crippen molar-refractivity contribution in [2.45, 2.75) is 0 Å². The summed E-state index contributed by atoms with van der Waals surface area (Å²) in [5.41, 5.74) is 0. The molecule has 0 amide bonds. The predicted octanol–water partition coefficient (Wildman–Crippen LogP) is -1.84. The quantitative estimate of drug-likeness (QED) is 0.404. The van der Waals surface area contributed by atoms with Gasteiger partial charge in [-0.2, -0.15) is 8.42 Å². The third-order valence-electron chi connectivity index (χ3n) is 0. The molecule has 0 saturated heterocycles. The molecular formula is H5InO4SZn. The third kappa shape index (κ3) is 114. The Morgan fingerprint density at radius 2 is 1.14 bits per heavy atom. The average Bonchev–Trinajstić information content (AvgIpc) is 0.722. The molecule has 0 aromatic carbocycles. The van der Waals surface area contributed by atoms with E-state index in [0.717, 1.165) is 0 Å². The van der Waals surface area contributed by atoms with Gasteiger partial charge >= 0.3 is 36.2 Å². The second-order valence-electron chi connectivity index (χ2n) is 0.448. The Hall–Kier alpha value is 1.36. The zero-order valence-corrected chi connectivity index (χ0v) is 6.61. The summed E-state index contributed by atoms with van der Waals surface area (Å²) in [5, 5.41) is 0. The van der Waals surface area contributed by atoms with Gasteiger partial charge in [0, 0.05) is 19.5 Å². The monoisotopic (exact) mass is 280 g/mol. The largest absolute Gasteiger partial charge is 0 e. The summed E-state index contributed by atoms with van der Waals surface area (Å²) in [7, 11) is -4.67. The number of rotatable bonds is 0. The van der Waals surface area contributed by atoms with Crippen molar-refractivity contribution in [3.8, 4) is 0 Å². The van der Waals surface area contributed by atoms with E-state index in [1.165, 1.54) is 0 Å². The molecule has 0 aromatic heterocycles. The van der Waals surface area contributed by atoms with E-state index in [1.54, 1.807) is 0 Å². The van der Waals surface area contributed by atoms with Crippen LogP contribution < -0.4 is 0 Å². The molecule has 0 aliphatic heterocycles. The van der Waals surface area contributed by atoms with Gasteiger partial charge in [0.05, 0.1) is 0 Å². The Morgan fingerprint density at radius 1 is 1.14 bits per heavy atom. The maximum atomic E-state index is 8.74. The Balaban J connectivity index is -0.0000000800. The molecule has 7 heteroatoms.